The Hall–Kier alpha value is -0.750. The Morgan fingerprint density at radius 3 is 2.40 bits per heavy atom. The van der Waals surface area contributed by atoms with Crippen molar-refractivity contribution in [2.45, 2.75) is 6.04 Å². The fourth-order valence-corrected chi connectivity index (χ4v) is 3.89. The zero-order valence-electron chi connectivity index (χ0n) is 11.4. The largest absolute Gasteiger partial charge is 0.493 e. The fraction of sp³-hybridized carbons (Fsp3) is 0.286. The first kappa shape index (κ1) is 15.6. The van der Waals surface area contributed by atoms with E-state index < -0.39 is 0 Å². The number of hydrogen-bond acceptors (Lipinski definition) is 4. The van der Waals surface area contributed by atoms with Gasteiger partial charge in [-0.1, -0.05) is 17.7 Å². The summed E-state index contributed by atoms with van der Waals surface area (Å²) < 4.78 is 12.3. The standard InChI is InChI=1S/C14H15BrClNO2S/c1-17-13(12-7-9(15)14(16)20-12)8-4-5-10(18-2)11(6-8)19-3/h4-7,13,17H,1-3H3. The Morgan fingerprint density at radius 2 is 1.90 bits per heavy atom. The summed E-state index contributed by atoms with van der Waals surface area (Å²) in [6, 6.07) is 7.99. The van der Waals surface area contributed by atoms with Gasteiger partial charge in [0.1, 0.15) is 4.34 Å². The average molecular weight is 377 g/mol. The molecule has 1 N–H and O–H groups in total. The van der Waals surface area contributed by atoms with Gasteiger partial charge in [-0.3, -0.25) is 0 Å². The van der Waals surface area contributed by atoms with Crippen LogP contribution in [0.3, 0.4) is 0 Å². The molecule has 1 unspecified atom stereocenters. The predicted octanol–water partition coefficient (Wildman–Crippen LogP) is 4.49. The SMILES string of the molecule is CNC(c1ccc(OC)c(OC)c1)c1cc(Br)c(Cl)s1. The third-order valence-corrected chi connectivity index (χ3v) is 5.52. The Labute approximate surface area is 136 Å². The zero-order chi connectivity index (χ0) is 14.7. The Bertz CT molecular complexity index is 583. The van der Waals surface area contributed by atoms with Crippen LogP contribution in [0, 0.1) is 0 Å². The lowest BCUT2D eigenvalue weighted by Gasteiger charge is -2.17. The van der Waals surface area contributed by atoms with E-state index in [4.69, 9.17) is 21.1 Å². The second kappa shape index (κ2) is 6.80. The minimum absolute atomic E-state index is 0.0589. The van der Waals surface area contributed by atoms with Crippen LogP contribution in [0.15, 0.2) is 28.7 Å². The molecular weight excluding hydrogens is 362 g/mol. The van der Waals surface area contributed by atoms with Crippen LogP contribution in [-0.2, 0) is 0 Å². The summed E-state index contributed by atoms with van der Waals surface area (Å²) in [5.74, 6) is 1.43. The minimum Gasteiger partial charge on any atom is -0.493 e. The maximum atomic E-state index is 6.12. The number of benzene rings is 1. The van der Waals surface area contributed by atoms with E-state index in [1.54, 1.807) is 25.6 Å². The topological polar surface area (TPSA) is 30.5 Å². The van der Waals surface area contributed by atoms with Crippen molar-refractivity contribution >= 4 is 38.9 Å². The molecule has 0 aliphatic carbocycles. The summed E-state index contributed by atoms with van der Waals surface area (Å²) in [5, 5.41) is 3.30. The second-order valence-electron chi connectivity index (χ2n) is 4.11. The fourth-order valence-electron chi connectivity index (χ4n) is 2.01. The molecule has 1 atom stereocenters. The maximum Gasteiger partial charge on any atom is 0.161 e. The number of rotatable bonds is 5. The Kier molecular flexibility index (Phi) is 5.32. The van der Waals surface area contributed by atoms with Crippen LogP contribution in [0.1, 0.15) is 16.5 Å². The second-order valence-corrected chi connectivity index (χ2v) is 6.65. The maximum absolute atomic E-state index is 6.12. The van der Waals surface area contributed by atoms with Gasteiger partial charge in [-0.25, -0.2) is 0 Å². The monoisotopic (exact) mass is 375 g/mol. The number of nitrogens with one attached hydrogen (secondary N) is 1. The zero-order valence-corrected chi connectivity index (χ0v) is 14.5. The molecule has 0 aliphatic heterocycles. The summed E-state index contributed by atoms with van der Waals surface area (Å²) in [6.07, 6.45) is 0. The smallest absolute Gasteiger partial charge is 0.161 e. The highest BCUT2D eigenvalue weighted by Crippen LogP contribution is 2.39. The minimum atomic E-state index is 0.0589. The molecule has 0 bridgehead atoms. The predicted molar refractivity (Wildman–Crippen MR) is 87.5 cm³/mol. The lowest BCUT2D eigenvalue weighted by molar-refractivity contribution is 0.354. The van der Waals surface area contributed by atoms with E-state index in [1.165, 1.54) is 0 Å². The van der Waals surface area contributed by atoms with Crippen LogP contribution in [0.5, 0.6) is 11.5 Å². The van der Waals surface area contributed by atoms with E-state index in [0.717, 1.165) is 25.0 Å². The number of ether oxygens (including phenoxy) is 2. The molecule has 3 nitrogen and oxygen atoms in total. The molecule has 2 rings (SSSR count). The van der Waals surface area contributed by atoms with Crippen LogP contribution < -0.4 is 14.8 Å². The van der Waals surface area contributed by atoms with Crippen molar-refractivity contribution in [1.82, 2.24) is 5.32 Å². The highest BCUT2D eigenvalue weighted by molar-refractivity contribution is 9.10. The third kappa shape index (κ3) is 3.11. The van der Waals surface area contributed by atoms with Gasteiger partial charge in [-0.2, -0.15) is 0 Å². The molecule has 6 heteroatoms. The molecule has 0 radical (unpaired) electrons. The van der Waals surface area contributed by atoms with E-state index in [9.17, 15) is 0 Å². The number of thiophene rings is 1. The molecule has 0 fully saturated rings. The first-order valence-corrected chi connectivity index (χ1v) is 7.93. The summed E-state index contributed by atoms with van der Waals surface area (Å²) in [7, 11) is 5.18. The van der Waals surface area contributed by atoms with Gasteiger partial charge in [0.05, 0.1) is 20.3 Å². The van der Waals surface area contributed by atoms with Gasteiger partial charge < -0.3 is 14.8 Å². The van der Waals surface area contributed by atoms with Crippen LogP contribution >= 0.6 is 38.9 Å². The van der Waals surface area contributed by atoms with Crippen molar-refractivity contribution in [2.24, 2.45) is 0 Å². The Morgan fingerprint density at radius 1 is 1.20 bits per heavy atom. The van der Waals surface area contributed by atoms with E-state index >= 15 is 0 Å². The van der Waals surface area contributed by atoms with Crippen molar-refractivity contribution in [2.75, 3.05) is 21.3 Å². The molecule has 0 saturated carbocycles. The van der Waals surface area contributed by atoms with Crippen molar-refractivity contribution < 1.29 is 9.47 Å². The lowest BCUT2D eigenvalue weighted by atomic mass is 10.0. The molecule has 0 amide bonds. The Balaban J connectivity index is 2.41. The van der Waals surface area contributed by atoms with E-state index in [2.05, 4.69) is 21.2 Å². The molecule has 0 saturated heterocycles. The first-order chi connectivity index (χ1) is 9.60. The van der Waals surface area contributed by atoms with E-state index in [1.807, 2.05) is 31.3 Å². The van der Waals surface area contributed by atoms with Crippen LogP contribution in [0.25, 0.3) is 0 Å². The summed E-state index contributed by atoms with van der Waals surface area (Å²) >= 11 is 11.1. The number of hydrogen-bond donors (Lipinski definition) is 1. The quantitative estimate of drug-likeness (QED) is 0.834. The summed E-state index contributed by atoms with van der Waals surface area (Å²) in [5.41, 5.74) is 1.09. The van der Waals surface area contributed by atoms with Gasteiger partial charge in [-0.05, 0) is 46.7 Å². The van der Waals surface area contributed by atoms with Crippen molar-refractivity contribution in [3.63, 3.8) is 0 Å². The van der Waals surface area contributed by atoms with Crippen molar-refractivity contribution in [3.05, 3.63) is 43.5 Å². The van der Waals surface area contributed by atoms with Gasteiger partial charge in [0.2, 0.25) is 0 Å². The number of halogens is 2. The molecule has 0 aliphatic rings. The highest BCUT2D eigenvalue weighted by Gasteiger charge is 2.18. The molecular formula is C14H15BrClNO2S. The molecule has 0 spiro atoms. The number of methoxy groups -OCH3 is 2. The normalized spacial score (nSPS) is 12.2. The van der Waals surface area contributed by atoms with Gasteiger partial charge >= 0.3 is 0 Å². The lowest BCUT2D eigenvalue weighted by Crippen LogP contribution is -2.16. The van der Waals surface area contributed by atoms with Crippen molar-refractivity contribution in [3.8, 4) is 11.5 Å². The van der Waals surface area contributed by atoms with Crippen molar-refractivity contribution in [1.29, 1.82) is 0 Å². The summed E-state index contributed by atoms with van der Waals surface area (Å²) in [4.78, 5) is 1.14. The molecule has 1 aromatic heterocycles. The van der Waals surface area contributed by atoms with Crippen LogP contribution in [0.4, 0.5) is 0 Å². The van der Waals surface area contributed by atoms with Gasteiger partial charge in [0.15, 0.2) is 11.5 Å². The highest BCUT2D eigenvalue weighted by atomic mass is 79.9. The van der Waals surface area contributed by atoms with Crippen LogP contribution in [0.2, 0.25) is 4.34 Å². The van der Waals surface area contributed by atoms with Gasteiger partial charge in [-0.15, -0.1) is 11.3 Å². The van der Waals surface area contributed by atoms with E-state index in [-0.39, 0.29) is 6.04 Å². The van der Waals surface area contributed by atoms with Crippen LogP contribution in [-0.4, -0.2) is 21.3 Å². The van der Waals surface area contributed by atoms with E-state index in [0.29, 0.717) is 5.75 Å². The molecule has 108 valence electrons. The molecule has 2 aromatic rings. The molecule has 20 heavy (non-hydrogen) atoms. The van der Waals surface area contributed by atoms with Gasteiger partial charge in [0, 0.05) is 9.35 Å². The molecule has 1 heterocycles. The average Bonchev–Trinajstić information content (AvgIpc) is 2.79. The first-order valence-electron chi connectivity index (χ1n) is 5.94. The third-order valence-electron chi connectivity index (χ3n) is 2.98. The molecule has 1 aromatic carbocycles. The van der Waals surface area contributed by atoms with Gasteiger partial charge in [0.25, 0.3) is 0 Å². The summed E-state index contributed by atoms with van der Waals surface area (Å²) in [6.45, 7) is 0.